The summed E-state index contributed by atoms with van der Waals surface area (Å²) in [6.45, 7) is 3.88. The van der Waals surface area contributed by atoms with Crippen molar-refractivity contribution in [2.24, 2.45) is 5.92 Å². The van der Waals surface area contributed by atoms with Gasteiger partial charge in [-0.25, -0.2) is 5.06 Å². The minimum absolute atomic E-state index is 0.00543. The Labute approximate surface area is 180 Å². The molecule has 2 aromatic rings. The van der Waals surface area contributed by atoms with Crippen LogP contribution < -0.4 is 5.73 Å². The fourth-order valence-corrected chi connectivity index (χ4v) is 3.48. The van der Waals surface area contributed by atoms with Crippen LogP contribution in [0.15, 0.2) is 30.3 Å². The number of tetrazole rings is 1. The molecule has 0 bridgehead atoms. The van der Waals surface area contributed by atoms with Crippen LogP contribution in [-0.4, -0.2) is 83.6 Å². The SMILES string of the molecule is CC[C@H](C)[C@H]([NH3+])C(=O)N(O)C[C@H]1O[C@@H](CCn2nnc(-c3ccccc3)n2)[C@H](O)[C@@H]1O. The Kier molecular flexibility index (Phi) is 7.68. The molecule has 1 aliphatic rings. The number of aliphatic hydroxyl groups excluding tert-OH is 2. The Morgan fingerprint density at radius 2 is 1.94 bits per heavy atom. The van der Waals surface area contributed by atoms with E-state index < -0.39 is 36.4 Å². The maximum absolute atomic E-state index is 12.3. The molecule has 1 aromatic heterocycles. The van der Waals surface area contributed by atoms with Gasteiger partial charge in [-0.2, -0.15) is 4.80 Å². The van der Waals surface area contributed by atoms with Gasteiger partial charge in [-0.3, -0.25) is 10.0 Å². The van der Waals surface area contributed by atoms with Gasteiger partial charge in [-0.1, -0.05) is 44.2 Å². The molecular formula is C20H31N6O5+. The number of rotatable bonds is 9. The van der Waals surface area contributed by atoms with Gasteiger partial charge < -0.3 is 20.7 Å². The Morgan fingerprint density at radius 1 is 1.26 bits per heavy atom. The van der Waals surface area contributed by atoms with E-state index >= 15 is 0 Å². The van der Waals surface area contributed by atoms with Crippen LogP contribution in [0, 0.1) is 5.92 Å². The predicted molar refractivity (Wildman–Crippen MR) is 108 cm³/mol. The number of aryl methyl sites for hydroxylation is 1. The van der Waals surface area contributed by atoms with Crippen molar-refractivity contribution in [2.75, 3.05) is 6.54 Å². The molecule has 0 saturated carbocycles. The van der Waals surface area contributed by atoms with E-state index in [1.54, 1.807) is 0 Å². The third-order valence-corrected chi connectivity index (χ3v) is 5.82. The summed E-state index contributed by atoms with van der Waals surface area (Å²) in [4.78, 5) is 13.7. The molecule has 0 radical (unpaired) electrons. The molecule has 11 nitrogen and oxygen atoms in total. The van der Waals surface area contributed by atoms with Crippen LogP contribution in [0.25, 0.3) is 11.4 Å². The van der Waals surface area contributed by atoms with Crippen LogP contribution >= 0.6 is 0 Å². The van der Waals surface area contributed by atoms with Crippen molar-refractivity contribution in [3.63, 3.8) is 0 Å². The molecule has 0 spiro atoms. The van der Waals surface area contributed by atoms with Gasteiger partial charge in [0.25, 0.3) is 0 Å². The molecule has 1 amide bonds. The molecule has 11 heteroatoms. The Bertz CT molecular complexity index is 850. The van der Waals surface area contributed by atoms with E-state index in [0.717, 1.165) is 12.0 Å². The zero-order valence-electron chi connectivity index (χ0n) is 17.8. The second-order valence-corrected chi connectivity index (χ2v) is 7.97. The quantitative estimate of drug-likeness (QED) is 0.291. The number of quaternary nitrogens is 1. The number of benzene rings is 1. The number of amides is 1. The van der Waals surface area contributed by atoms with E-state index in [1.165, 1.54) is 4.80 Å². The van der Waals surface area contributed by atoms with Crippen LogP contribution in [0.3, 0.4) is 0 Å². The first-order valence-corrected chi connectivity index (χ1v) is 10.5. The standard InChI is InChI=1S/C20H30N6O5/c1-3-12(2)16(21)20(29)25(30)11-15-18(28)17(27)14(31-15)9-10-26-23-19(22-24-26)13-7-5-4-6-8-13/h4-8,12,14-18,27-28,30H,3,9-11,21H2,1-2H3/p+1/t12-,14-,15+,16-,17-,18+/m0/s1. The summed E-state index contributed by atoms with van der Waals surface area (Å²) >= 11 is 0. The van der Waals surface area contributed by atoms with Crippen molar-refractivity contribution in [1.29, 1.82) is 0 Å². The van der Waals surface area contributed by atoms with Crippen molar-refractivity contribution in [1.82, 2.24) is 25.3 Å². The summed E-state index contributed by atoms with van der Waals surface area (Å²) in [5, 5.41) is 43.7. The maximum Gasteiger partial charge on any atom is 0.304 e. The summed E-state index contributed by atoms with van der Waals surface area (Å²) in [6, 6.07) is 8.82. The topological polar surface area (TPSA) is 161 Å². The number of hydroxylamine groups is 2. The average molecular weight is 436 g/mol. The van der Waals surface area contributed by atoms with Gasteiger partial charge in [-0.05, 0) is 18.1 Å². The minimum atomic E-state index is -1.23. The first-order chi connectivity index (χ1) is 14.8. The molecule has 6 atom stereocenters. The normalized spacial score (nSPS) is 25.4. The Hall–Kier alpha value is -2.44. The highest BCUT2D eigenvalue weighted by molar-refractivity contribution is 5.79. The Morgan fingerprint density at radius 3 is 2.61 bits per heavy atom. The highest BCUT2D eigenvalue weighted by Crippen LogP contribution is 2.25. The van der Waals surface area contributed by atoms with Gasteiger partial charge in [0.2, 0.25) is 5.82 Å². The lowest BCUT2D eigenvalue weighted by Crippen LogP contribution is -2.70. The van der Waals surface area contributed by atoms with Gasteiger partial charge in [0.05, 0.1) is 19.2 Å². The number of nitrogens with zero attached hydrogens (tertiary/aromatic N) is 5. The first kappa shape index (κ1) is 23.2. The van der Waals surface area contributed by atoms with E-state index in [2.05, 4.69) is 21.1 Å². The number of aromatic nitrogens is 4. The zero-order valence-corrected chi connectivity index (χ0v) is 17.8. The van der Waals surface area contributed by atoms with Crippen LogP contribution in [-0.2, 0) is 16.1 Å². The molecule has 1 saturated heterocycles. The number of hydrogen-bond donors (Lipinski definition) is 4. The van der Waals surface area contributed by atoms with Gasteiger partial charge in [0, 0.05) is 11.5 Å². The largest absolute Gasteiger partial charge is 0.388 e. The van der Waals surface area contributed by atoms with Crippen LogP contribution in [0.4, 0.5) is 0 Å². The summed E-state index contributed by atoms with van der Waals surface area (Å²) < 4.78 is 5.72. The zero-order chi connectivity index (χ0) is 22.5. The lowest BCUT2D eigenvalue weighted by molar-refractivity contribution is -0.420. The number of carbonyl (C=O) groups is 1. The number of hydrogen-bond acceptors (Lipinski definition) is 8. The van der Waals surface area contributed by atoms with Crippen LogP contribution in [0.5, 0.6) is 0 Å². The molecule has 170 valence electrons. The van der Waals surface area contributed by atoms with Crippen molar-refractivity contribution in [3.05, 3.63) is 30.3 Å². The molecule has 3 rings (SSSR count). The minimum Gasteiger partial charge on any atom is -0.388 e. The van der Waals surface area contributed by atoms with E-state index in [9.17, 15) is 20.2 Å². The second kappa shape index (κ2) is 10.2. The van der Waals surface area contributed by atoms with Gasteiger partial charge in [-0.15, -0.1) is 10.2 Å². The van der Waals surface area contributed by atoms with Crippen molar-refractivity contribution >= 4 is 5.91 Å². The van der Waals surface area contributed by atoms with Gasteiger partial charge in [0.1, 0.15) is 18.3 Å². The van der Waals surface area contributed by atoms with Crippen LogP contribution in [0.2, 0.25) is 0 Å². The van der Waals surface area contributed by atoms with E-state index in [-0.39, 0.29) is 12.5 Å². The third kappa shape index (κ3) is 5.43. The molecule has 31 heavy (non-hydrogen) atoms. The van der Waals surface area contributed by atoms with Crippen molar-refractivity contribution in [3.8, 4) is 11.4 Å². The van der Waals surface area contributed by atoms with Gasteiger partial charge in [0.15, 0.2) is 6.04 Å². The molecule has 0 aliphatic carbocycles. The highest BCUT2D eigenvalue weighted by atomic mass is 16.6. The van der Waals surface area contributed by atoms with Gasteiger partial charge >= 0.3 is 5.91 Å². The molecule has 2 heterocycles. The van der Waals surface area contributed by atoms with Crippen molar-refractivity contribution in [2.45, 2.75) is 63.7 Å². The van der Waals surface area contributed by atoms with E-state index in [1.807, 2.05) is 44.2 Å². The molecule has 6 N–H and O–H groups in total. The van der Waals surface area contributed by atoms with Crippen LogP contribution in [0.1, 0.15) is 26.7 Å². The first-order valence-electron chi connectivity index (χ1n) is 10.5. The summed E-state index contributed by atoms with van der Waals surface area (Å²) in [5.41, 5.74) is 4.66. The van der Waals surface area contributed by atoms with E-state index in [4.69, 9.17) is 4.74 Å². The second-order valence-electron chi connectivity index (χ2n) is 7.97. The molecule has 1 aliphatic heterocycles. The molecule has 1 aromatic carbocycles. The highest BCUT2D eigenvalue weighted by Gasteiger charge is 2.44. The van der Waals surface area contributed by atoms with Crippen molar-refractivity contribution < 1.29 is 30.7 Å². The maximum atomic E-state index is 12.3. The molecular weight excluding hydrogens is 404 g/mol. The predicted octanol–water partition coefficient (Wildman–Crippen LogP) is -0.906. The fraction of sp³-hybridized carbons (Fsp3) is 0.600. The lowest BCUT2D eigenvalue weighted by Gasteiger charge is -2.24. The third-order valence-electron chi connectivity index (χ3n) is 5.82. The fourth-order valence-electron chi connectivity index (χ4n) is 3.48. The molecule has 0 unspecified atom stereocenters. The smallest absolute Gasteiger partial charge is 0.304 e. The average Bonchev–Trinajstić information content (AvgIpc) is 3.37. The number of aliphatic hydroxyl groups is 2. The monoisotopic (exact) mass is 435 g/mol. The van der Waals surface area contributed by atoms with E-state index in [0.29, 0.717) is 23.9 Å². The number of carbonyl (C=O) groups excluding carboxylic acids is 1. The summed E-state index contributed by atoms with van der Waals surface area (Å²) in [7, 11) is 0. The summed E-state index contributed by atoms with van der Waals surface area (Å²) in [6.07, 6.45) is -2.93. The number of ether oxygens (including phenoxy) is 1. The molecule has 1 fully saturated rings. The summed E-state index contributed by atoms with van der Waals surface area (Å²) in [5.74, 6) is -0.0425. The Balaban J connectivity index is 1.54. The lowest BCUT2D eigenvalue weighted by atomic mass is 9.99.